The van der Waals surface area contributed by atoms with Crippen molar-refractivity contribution in [3.63, 3.8) is 0 Å². The Hall–Kier alpha value is -0.860. The predicted octanol–water partition coefficient (Wildman–Crippen LogP) is 3.18. The fourth-order valence-electron chi connectivity index (χ4n) is 2.59. The number of nitrogens with one attached hydrogen (secondary N) is 1. The first-order valence-corrected chi connectivity index (χ1v) is 6.99. The van der Waals surface area contributed by atoms with Gasteiger partial charge in [0.05, 0.1) is 6.61 Å². The molecule has 0 radical (unpaired) electrons. The molecular formula is C16H25NO. The molecule has 1 aliphatic rings. The summed E-state index contributed by atoms with van der Waals surface area (Å²) in [7, 11) is 1.77. The maximum Gasteiger partial charge on any atom is 0.0715 e. The Morgan fingerprint density at radius 1 is 1.33 bits per heavy atom. The van der Waals surface area contributed by atoms with Gasteiger partial charge >= 0.3 is 0 Å². The molecule has 1 aromatic rings. The Labute approximate surface area is 111 Å². The van der Waals surface area contributed by atoms with Gasteiger partial charge in [0.25, 0.3) is 0 Å². The third kappa shape index (κ3) is 3.56. The van der Waals surface area contributed by atoms with E-state index in [1.165, 1.54) is 17.5 Å². The van der Waals surface area contributed by atoms with Crippen molar-refractivity contribution in [3.05, 3.63) is 35.4 Å². The van der Waals surface area contributed by atoms with Gasteiger partial charge in [-0.1, -0.05) is 38.1 Å². The van der Waals surface area contributed by atoms with Crippen molar-refractivity contribution in [3.8, 4) is 0 Å². The standard InChI is InChI=1S/C16H25NO/c1-12(2)9-17-10-14-8-16(14)15-7-5-4-6-13(15)11-18-3/h4-7,12,14,16-17H,8-11H2,1-3H3. The molecule has 1 saturated carbocycles. The molecule has 0 saturated heterocycles. The first-order chi connectivity index (χ1) is 8.72. The highest BCUT2D eigenvalue weighted by Crippen LogP contribution is 2.48. The van der Waals surface area contributed by atoms with Crippen molar-refractivity contribution in [2.45, 2.75) is 32.8 Å². The first kappa shape index (κ1) is 13.6. The van der Waals surface area contributed by atoms with Gasteiger partial charge in [0.15, 0.2) is 0 Å². The third-order valence-corrected chi connectivity index (χ3v) is 3.64. The Bertz CT molecular complexity index is 375. The molecule has 1 N–H and O–H groups in total. The van der Waals surface area contributed by atoms with Crippen molar-refractivity contribution >= 4 is 0 Å². The zero-order valence-electron chi connectivity index (χ0n) is 11.8. The topological polar surface area (TPSA) is 21.3 Å². The molecule has 2 nitrogen and oxygen atoms in total. The lowest BCUT2D eigenvalue weighted by atomic mass is 10.0. The summed E-state index contributed by atoms with van der Waals surface area (Å²) < 4.78 is 5.28. The minimum atomic E-state index is 0.735. The van der Waals surface area contributed by atoms with Crippen LogP contribution in [0.25, 0.3) is 0 Å². The van der Waals surface area contributed by atoms with Crippen LogP contribution in [0.4, 0.5) is 0 Å². The Morgan fingerprint density at radius 2 is 2.11 bits per heavy atom. The molecule has 2 unspecified atom stereocenters. The number of hydrogen-bond donors (Lipinski definition) is 1. The Kier molecular flexibility index (Phi) is 4.79. The quantitative estimate of drug-likeness (QED) is 0.799. The number of ether oxygens (including phenoxy) is 1. The number of methoxy groups -OCH3 is 1. The van der Waals surface area contributed by atoms with E-state index in [9.17, 15) is 0 Å². The molecule has 100 valence electrons. The highest BCUT2D eigenvalue weighted by atomic mass is 16.5. The molecule has 0 spiro atoms. The molecular weight excluding hydrogens is 222 g/mol. The zero-order valence-corrected chi connectivity index (χ0v) is 11.8. The Balaban J connectivity index is 1.86. The Morgan fingerprint density at radius 3 is 2.83 bits per heavy atom. The van der Waals surface area contributed by atoms with E-state index < -0.39 is 0 Å². The average Bonchev–Trinajstić information content (AvgIpc) is 3.09. The van der Waals surface area contributed by atoms with Crippen molar-refractivity contribution in [1.29, 1.82) is 0 Å². The van der Waals surface area contributed by atoms with Crippen LogP contribution in [0.15, 0.2) is 24.3 Å². The van der Waals surface area contributed by atoms with E-state index in [4.69, 9.17) is 4.74 Å². The number of rotatable bonds is 7. The van der Waals surface area contributed by atoms with E-state index in [-0.39, 0.29) is 0 Å². The van der Waals surface area contributed by atoms with Gasteiger partial charge < -0.3 is 10.1 Å². The van der Waals surface area contributed by atoms with Crippen LogP contribution in [0.2, 0.25) is 0 Å². The maximum absolute atomic E-state index is 5.28. The summed E-state index contributed by atoms with van der Waals surface area (Å²) in [6.07, 6.45) is 1.33. The van der Waals surface area contributed by atoms with E-state index in [0.29, 0.717) is 0 Å². The van der Waals surface area contributed by atoms with Crippen LogP contribution in [0, 0.1) is 11.8 Å². The first-order valence-electron chi connectivity index (χ1n) is 6.99. The van der Waals surface area contributed by atoms with Gasteiger partial charge in [-0.25, -0.2) is 0 Å². The minimum absolute atomic E-state index is 0.735. The van der Waals surface area contributed by atoms with E-state index >= 15 is 0 Å². The highest BCUT2D eigenvalue weighted by molar-refractivity contribution is 5.34. The summed E-state index contributed by atoms with van der Waals surface area (Å²) in [4.78, 5) is 0. The summed E-state index contributed by atoms with van der Waals surface area (Å²) in [6, 6.07) is 8.70. The van der Waals surface area contributed by atoms with Gasteiger partial charge in [0, 0.05) is 7.11 Å². The van der Waals surface area contributed by atoms with Crippen LogP contribution in [0.3, 0.4) is 0 Å². The van der Waals surface area contributed by atoms with Crippen molar-refractivity contribution in [2.75, 3.05) is 20.2 Å². The fourth-order valence-corrected chi connectivity index (χ4v) is 2.59. The summed E-state index contributed by atoms with van der Waals surface area (Å²) in [5.41, 5.74) is 2.85. The molecule has 1 aromatic carbocycles. The van der Waals surface area contributed by atoms with Gasteiger partial charge in [0.2, 0.25) is 0 Å². The van der Waals surface area contributed by atoms with Crippen LogP contribution >= 0.6 is 0 Å². The maximum atomic E-state index is 5.28. The second-order valence-corrected chi connectivity index (χ2v) is 5.79. The summed E-state index contributed by atoms with van der Waals surface area (Å²) in [6.45, 7) is 7.53. The second kappa shape index (κ2) is 6.35. The van der Waals surface area contributed by atoms with E-state index in [1.54, 1.807) is 7.11 Å². The molecule has 2 rings (SSSR count). The average molecular weight is 247 g/mol. The predicted molar refractivity (Wildman–Crippen MR) is 75.7 cm³/mol. The molecule has 18 heavy (non-hydrogen) atoms. The van der Waals surface area contributed by atoms with Crippen LogP contribution in [0.1, 0.15) is 37.3 Å². The van der Waals surface area contributed by atoms with Crippen LogP contribution < -0.4 is 5.32 Å². The van der Waals surface area contributed by atoms with Crippen LogP contribution in [-0.4, -0.2) is 20.2 Å². The SMILES string of the molecule is COCc1ccccc1C1CC1CNCC(C)C. The smallest absolute Gasteiger partial charge is 0.0715 e. The lowest BCUT2D eigenvalue weighted by molar-refractivity contribution is 0.184. The molecule has 0 amide bonds. The molecule has 1 fully saturated rings. The largest absolute Gasteiger partial charge is 0.380 e. The lowest BCUT2D eigenvalue weighted by Gasteiger charge is -2.09. The van der Waals surface area contributed by atoms with Crippen LogP contribution in [-0.2, 0) is 11.3 Å². The monoisotopic (exact) mass is 247 g/mol. The number of hydrogen-bond acceptors (Lipinski definition) is 2. The van der Waals surface area contributed by atoms with Crippen molar-refractivity contribution < 1.29 is 4.74 Å². The van der Waals surface area contributed by atoms with Crippen molar-refractivity contribution in [2.24, 2.45) is 11.8 Å². The van der Waals surface area contributed by atoms with Gasteiger partial charge in [-0.2, -0.15) is 0 Å². The van der Waals surface area contributed by atoms with Crippen molar-refractivity contribution in [1.82, 2.24) is 5.32 Å². The van der Waals surface area contributed by atoms with Gasteiger partial charge in [-0.3, -0.25) is 0 Å². The molecule has 2 atom stereocenters. The summed E-state index contributed by atoms with van der Waals surface area (Å²) in [5, 5.41) is 3.57. The molecule has 0 bridgehead atoms. The molecule has 1 aliphatic carbocycles. The summed E-state index contributed by atoms with van der Waals surface area (Å²) >= 11 is 0. The summed E-state index contributed by atoms with van der Waals surface area (Å²) in [5.74, 6) is 2.31. The third-order valence-electron chi connectivity index (χ3n) is 3.64. The normalized spacial score (nSPS) is 22.4. The van der Waals surface area contributed by atoms with Gasteiger partial charge in [-0.15, -0.1) is 0 Å². The van der Waals surface area contributed by atoms with Gasteiger partial charge in [-0.05, 0) is 48.4 Å². The van der Waals surface area contributed by atoms with Gasteiger partial charge in [0.1, 0.15) is 0 Å². The van der Waals surface area contributed by atoms with E-state index in [2.05, 4.69) is 43.4 Å². The van der Waals surface area contributed by atoms with Crippen LogP contribution in [0.5, 0.6) is 0 Å². The second-order valence-electron chi connectivity index (χ2n) is 5.79. The van der Waals surface area contributed by atoms with E-state index in [0.717, 1.165) is 37.5 Å². The van der Waals surface area contributed by atoms with E-state index in [1.807, 2.05) is 0 Å². The zero-order chi connectivity index (χ0) is 13.0. The highest BCUT2D eigenvalue weighted by Gasteiger charge is 2.38. The number of benzene rings is 1. The molecule has 0 aliphatic heterocycles. The molecule has 0 heterocycles. The minimum Gasteiger partial charge on any atom is -0.380 e. The fraction of sp³-hybridized carbons (Fsp3) is 0.625. The molecule has 0 aromatic heterocycles. The molecule has 2 heteroatoms. The lowest BCUT2D eigenvalue weighted by Crippen LogP contribution is -2.22.